The summed E-state index contributed by atoms with van der Waals surface area (Å²) in [6.07, 6.45) is -1.02. The largest absolute Gasteiger partial charge is 0.377 e. The summed E-state index contributed by atoms with van der Waals surface area (Å²) in [5, 5.41) is 2.87. The second-order valence-electron chi connectivity index (χ2n) is 1.95. The second-order valence-corrected chi connectivity index (χ2v) is 1.95. The first-order chi connectivity index (χ1) is 3.84. The van der Waals surface area contributed by atoms with Crippen LogP contribution in [0.25, 0.3) is 0 Å². The van der Waals surface area contributed by atoms with E-state index in [1.807, 2.05) is 0 Å². The van der Waals surface area contributed by atoms with E-state index in [1.165, 1.54) is 7.11 Å². The summed E-state index contributed by atoms with van der Waals surface area (Å²) in [4.78, 5) is 0. The number of methoxy groups -OCH3 is 1. The molecule has 3 heteroatoms. The highest BCUT2D eigenvalue weighted by atomic mass is 19.1. The summed E-state index contributed by atoms with van der Waals surface area (Å²) < 4.78 is 17.2. The average molecular weight is 119 g/mol. The van der Waals surface area contributed by atoms with Gasteiger partial charge in [0.2, 0.25) is 0 Å². The lowest BCUT2D eigenvalue weighted by molar-refractivity contribution is 0.0647. The van der Waals surface area contributed by atoms with E-state index in [0.717, 1.165) is 0 Å². The summed E-state index contributed by atoms with van der Waals surface area (Å²) in [5.41, 5.74) is 0. The molecule has 8 heavy (non-hydrogen) atoms. The van der Waals surface area contributed by atoms with Gasteiger partial charge in [0.25, 0.3) is 0 Å². The third-order valence-electron chi connectivity index (χ3n) is 1.39. The lowest BCUT2D eigenvalue weighted by atomic mass is 10.3. The Morgan fingerprint density at radius 3 is 2.62 bits per heavy atom. The number of halogens is 1. The standard InChI is InChI=1S/C5H10FNO/c1-8-5-3-7-2-4(5)6/h4-5,7H,2-3H2,1H3/t4-,5?/m1/s1. The SMILES string of the molecule is COC1CNC[C@H]1F. The topological polar surface area (TPSA) is 21.3 Å². The van der Waals surface area contributed by atoms with Crippen molar-refractivity contribution in [3.05, 3.63) is 0 Å². The molecule has 1 N–H and O–H groups in total. The van der Waals surface area contributed by atoms with Gasteiger partial charge in [-0.25, -0.2) is 4.39 Å². The van der Waals surface area contributed by atoms with Gasteiger partial charge >= 0.3 is 0 Å². The van der Waals surface area contributed by atoms with Crippen LogP contribution in [0.4, 0.5) is 4.39 Å². The highest BCUT2D eigenvalue weighted by Crippen LogP contribution is 2.06. The van der Waals surface area contributed by atoms with Crippen LogP contribution in [0, 0.1) is 0 Å². The van der Waals surface area contributed by atoms with E-state index in [9.17, 15) is 4.39 Å². The third kappa shape index (κ3) is 0.980. The molecule has 0 aliphatic carbocycles. The van der Waals surface area contributed by atoms with Crippen molar-refractivity contribution in [1.29, 1.82) is 0 Å². The molecule has 1 heterocycles. The fraction of sp³-hybridized carbons (Fsp3) is 1.00. The van der Waals surface area contributed by atoms with Gasteiger partial charge in [0.1, 0.15) is 12.3 Å². The lowest BCUT2D eigenvalue weighted by Gasteiger charge is -2.06. The number of alkyl halides is 1. The molecule has 1 unspecified atom stereocenters. The van der Waals surface area contributed by atoms with Crippen LogP contribution in [-0.2, 0) is 4.74 Å². The highest BCUT2D eigenvalue weighted by molar-refractivity contribution is 4.80. The van der Waals surface area contributed by atoms with E-state index in [1.54, 1.807) is 0 Å². The quantitative estimate of drug-likeness (QED) is 0.522. The molecule has 48 valence electrons. The van der Waals surface area contributed by atoms with Crippen molar-refractivity contribution in [2.45, 2.75) is 12.3 Å². The Bertz CT molecular complexity index is 78.8. The van der Waals surface area contributed by atoms with Gasteiger partial charge in [-0.15, -0.1) is 0 Å². The zero-order valence-electron chi connectivity index (χ0n) is 4.86. The minimum absolute atomic E-state index is 0.213. The van der Waals surface area contributed by atoms with E-state index >= 15 is 0 Å². The lowest BCUT2D eigenvalue weighted by Crippen LogP contribution is -2.21. The molecule has 1 rings (SSSR count). The van der Waals surface area contributed by atoms with Crippen molar-refractivity contribution in [3.63, 3.8) is 0 Å². The third-order valence-corrected chi connectivity index (χ3v) is 1.39. The van der Waals surface area contributed by atoms with Gasteiger partial charge in [-0.2, -0.15) is 0 Å². The predicted octanol–water partition coefficient (Wildman–Crippen LogP) is -0.0573. The zero-order chi connectivity index (χ0) is 5.98. The number of nitrogens with one attached hydrogen (secondary N) is 1. The monoisotopic (exact) mass is 119 g/mol. The molecular weight excluding hydrogens is 109 g/mol. The fourth-order valence-electron chi connectivity index (χ4n) is 0.854. The molecule has 1 aliphatic heterocycles. The first-order valence-electron chi connectivity index (χ1n) is 2.72. The van der Waals surface area contributed by atoms with Crippen molar-refractivity contribution in [2.75, 3.05) is 20.2 Å². The average Bonchev–Trinajstić information content (AvgIpc) is 2.14. The Kier molecular flexibility index (Phi) is 1.81. The van der Waals surface area contributed by atoms with Gasteiger partial charge in [0.15, 0.2) is 0 Å². The van der Waals surface area contributed by atoms with Crippen LogP contribution >= 0.6 is 0 Å². The van der Waals surface area contributed by atoms with E-state index in [-0.39, 0.29) is 6.10 Å². The summed E-state index contributed by atoms with van der Waals surface area (Å²) in [7, 11) is 1.53. The normalized spacial score (nSPS) is 38.2. The van der Waals surface area contributed by atoms with Gasteiger partial charge in [0.05, 0.1) is 0 Å². The molecule has 1 aliphatic rings. The molecule has 0 aromatic carbocycles. The highest BCUT2D eigenvalue weighted by Gasteiger charge is 2.25. The molecule has 2 nitrogen and oxygen atoms in total. The van der Waals surface area contributed by atoms with Crippen LogP contribution in [0.3, 0.4) is 0 Å². The van der Waals surface area contributed by atoms with Crippen molar-refractivity contribution in [3.8, 4) is 0 Å². The van der Waals surface area contributed by atoms with Gasteiger partial charge in [-0.3, -0.25) is 0 Å². The Balaban J connectivity index is 2.30. The van der Waals surface area contributed by atoms with E-state index in [0.29, 0.717) is 13.1 Å². The molecular formula is C5H10FNO. The molecule has 1 fully saturated rings. The fourth-order valence-corrected chi connectivity index (χ4v) is 0.854. The number of hydrogen-bond donors (Lipinski definition) is 1. The Morgan fingerprint density at radius 2 is 2.38 bits per heavy atom. The van der Waals surface area contributed by atoms with E-state index in [2.05, 4.69) is 5.32 Å². The maximum atomic E-state index is 12.4. The molecule has 2 atom stereocenters. The first-order valence-corrected chi connectivity index (χ1v) is 2.72. The Labute approximate surface area is 48.0 Å². The van der Waals surface area contributed by atoms with Gasteiger partial charge < -0.3 is 10.1 Å². The molecule has 0 saturated carbocycles. The van der Waals surface area contributed by atoms with Crippen LogP contribution < -0.4 is 5.32 Å². The Hall–Kier alpha value is -0.150. The number of rotatable bonds is 1. The van der Waals surface area contributed by atoms with Crippen LogP contribution in [0.2, 0.25) is 0 Å². The van der Waals surface area contributed by atoms with Crippen LogP contribution in [0.5, 0.6) is 0 Å². The minimum atomic E-state index is -0.806. The molecule has 0 amide bonds. The zero-order valence-corrected chi connectivity index (χ0v) is 4.86. The van der Waals surface area contributed by atoms with E-state index in [4.69, 9.17) is 4.74 Å². The summed E-state index contributed by atoms with van der Waals surface area (Å²) in [6, 6.07) is 0. The van der Waals surface area contributed by atoms with Crippen LogP contribution in [0.1, 0.15) is 0 Å². The molecule has 0 aromatic heterocycles. The predicted molar refractivity (Wildman–Crippen MR) is 28.6 cm³/mol. The van der Waals surface area contributed by atoms with Crippen LogP contribution in [0.15, 0.2) is 0 Å². The smallest absolute Gasteiger partial charge is 0.140 e. The maximum absolute atomic E-state index is 12.4. The van der Waals surface area contributed by atoms with Gasteiger partial charge in [0, 0.05) is 20.2 Å². The molecule has 0 radical (unpaired) electrons. The van der Waals surface area contributed by atoms with Crippen molar-refractivity contribution >= 4 is 0 Å². The molecule has 0 aromatic rings. The molecule has 0 bridgehead atoms. The van der Waals surface area contributed by atoms with Crippen LogP contribution in [-0.4, -0.2) is 32.5 Å². The number of hydrogen-bond acceptors (Lipinski definition) is 2. The Morgan fingerprint density at radius 1 is 1.62 bits per heavy atom. The summed E-state index contributed by atoms with van der Waals surface area (Å²) in [5.74, 6) is 0. The van der Waals surface area contributed by atoms with Gasteiger partial charge in [-0.05, 0) is 0 Å². The maximum Gasteiger partial charge on any atom is 0.140 e. The number of ether oxygens (including phenoxy) is 1. The van der Waals surface area contributed by atoms with Crippen molar-refractivity contribution in [2.24, 2.45) is 0 Å². The van der Waals surface area contributed by atoms with E-state index < -0.39 is 6.17 Å². The van der Waals surface area contributed by atoms with Crippen molar-refractivity contribution in [1.82, 2.24) is 5.32 Å². The summed E-state index contributed by atoms with van der Waals surface area (Å²) >= 11 is 0. The first kappa shape index (κ1) is 5.98. The van der Waals surface area contributed by atoms with Crippen molar-refractivity contribution < 1.29 is 9.13 Å². The van der Waals surface area contributed by atoms with Gasteiger partial charge in [-0.1, -0.05) is 0 Å². The minimum Gasteiger partial charge on any atom is -0.377 e. The second kappa shape index (κ2) is 2.42. The molecule has 1 saturated heterocycles. The molecule has 0 spiro atoms. The summed E-state index contributed by atoms with van der Waals surface area (Å²) in [6.45, 7) is 1.09.